The Morgan fingerprint density at radius 1 is 1.25 bits per heavy atom. The van der Waals surface area contributed by atoms with E-state index in [0.717, 1.165) is 25.9 Å². The molecule has 0 amide bonds. The van der Waals surface area contributed by atoms with Gasteiger partial charge in [0.25, 0.3) is 0 Å². The zero-order valence-electron chi connectivity index (χ0n) is 13.0. The van der Waals surface area contributed by atoms with Gasteiger partial charge >= 0.3 is 0 Å². The molecule has 2 rings (SSSR count). The van der Waals surface area contributed by atoms with Gasteiger partial charge in [-0.15, -0.1) is 0 Å². The summed E-state index contributed by atoms with van der Waals surface area (Å²) in [5.74, 6) is 0.457. The number of nitrogens with zero attached hydrogens (tertiary/aromatic N) is 1. The molecule has 0 spiro atoms. The first kappa shape index (κ1) is 15.3. The van der Waals surface area contributed by atoms with E-state index in [4.69, 9.17) is 0 Å². The van der Waals surface area contributed by atoms with Crippen molar-refractivity contribution in [1.29, 1.82) is 0 Å². The second-order valence-corrected chi connectivity index (χ2v) is 6.98. The summed E-state index contributed by atoms with van der Waals surface area (Å²) in [5, 5.41) is 9.85. The van der Waals surface area contributed by atoms with Gasteiger partial charge in [-0.25, -0.2) is 4.39 Å². The van der Waals surface area contributed by atoms with Crippen molar-refractivity contribution in [3.63, 3.8) is 0 Å². The summed E-state index contributed by atoms with van der Waals surface area (Å²) in [6.45, 7) is 10.2. The molecule has 0 bridgehead atoms. The van der Waals surface area contributed by atoms with Gasteiger partial charge in [-0.05, 0) is 37.2 Å². The van der Waals surface area contributed by atoms with Crippen LogP contribution in [-0.4, -0.2) is 18.2 Å². The summed E-state index contributed by atoms with van der Waals surface area (Å²) in [6.07, 6.45) is 1.52. The lowest BCUT2D eigenvalue weighted by molar-refractivity contribution is 0.192. The molecule has 0 radical (unpaired) electrons. The highest BCUT2D eigenvalue weighted by Crippen LogP contribution is 2.37. The van der Waals surface area contributed by atoms with E-state index < -0.39 is 6.10 Å². The SMILES string of the molecule is C[C@@H](O)c1cccc(F)c1N1CCC(C(C)(C)C)CC1. The van der Waals surface area contributed by atoms with Crippen molar-refractivity contribution in [3.05, 3.63) is 29.6 Å². The third-order valence-electron chi connectivity index (χ3n) is 4.50. The zero-order chi connectivity index (χ0) is 14.9. The van der Waals surface area contributed by atoms with E-state index in [9.17, 15) is 9.50 Å². The average molecular weight is 279 g/mol. The molecule has 2 nitrogen and oxygen atoms in total. The van der Waals surface area contributed by atoms with E-state index in [1.54, 1.807) is 13.0 Å². The number of aliphatic hydroxyl groups excluding tert-OH is 1. The molecule has 1 fully saturated rings. The van der Waals surface area contributed by atoms with E-state index in [1.807, 2.05) is 6.07 Å². The second kappa shape index (κ2) is 5.72. The number of rotatable bonds is 2. The third-order valence-corrected chi connectivity index (χ3v) is 4.50. The Morgan fingerprint density at radius 2 is 1.85 bits per heavy atom. The summed E-state index contributed by atoms with van der Waals surface area (Å²) in [7, 11) is 0. The molecule has 0 unspecified atom stereocenters. The van der Waals surface area contributed by atoms with Gasteiger partial charge < -0.3 is 10.0 Å². The first-order valence-corrected chi connectivity index (χ1v) is 7.52. The topological polar surface area (TPSA) is 23.5 Å². The summed E-state index contributed by atoms with van der Waals surface area (Å²) < 4.78 is 14.2. The van der Waals surface area contributed by atoms with Crippen molar-refractivity contribution >= 4 is 5.69 Å². The Hall–Kier alpha value is -1.09. The van der Waals surface area contributed by atoms with Gasteiger partial charge in [0.15, 0.2) is 0 Å². The van der Waals surface area contributed by atoms with Crippen LogP contribution in [0.3, 0.4) is 0 Å². The Bertz CT molecular complexity index is 457. The largest absolute Gasteiger partial charge is 0.389 e. The van der Waals surface area contributed by atoms with Crippen LogP contribution in [0.2, 0.25) is 0 Å². The molecule has 1 saturated heterocycles. The van der Waals surface area contributed by atoms with Gasteiger partial charge in [0, 0.05) is 18.7 Å². The molecule has 1 aliphatic rings. The fraction of sp³-hybridized carbons (Fsp3) is 0.647. The fourth-order valence-corrected chi connectivity index (χ4v) is 3.17. The van der Waals surface area contributed by atoms with Crippen LogP contribution in [0.15, 0.2) is 18.2 Å². The van der Waals surface area contributed by atoms with E-state index in [0.29, 0.717) is 22.6 Å². The van der Waals surface area contributed by atoms with Crippen LogP contribution >= 0.6 is 0 Å². The van der Waals surface area contributed by atoms with Gasteiger partial charge in [0.2, 0.25) is 0 Å². The molecule has 1 heterocycles. The molecule has 112 valence electrons. The molecule has 3 heteroatoms. The molecular weight excluding hydrogens is 253 g/mol. The van der Waals surface area contributed by atoms with E-state index in [2.05, 4.69) is 25.7 Å². The second-order valence-electron chi connectivity index (χ2n) is 6.98. The molecule has 1 aromatic carbocycles. The highest BCUT2D eigenvalue weighted by Gasteiger charge is 2.30. The zero-order valence-corrected chi connectivity index (χ0v) is 13.0. The maximum absolute atomic E-state index is 14.2. The molecule has 1 aliphatic heterocycles. The van der Waals surface area contributed by atoms with Gasteiger partial charge in [-0.1, -0.05) is 32.9 Å². The van der Waals surface area contributed by atoms with Crippen LogP contribution in [0.5, 0.6) is 0 Å². The van der Waals surface area contributed by atoms with Crippen molar-refractivity contribution in [2.75, 3.05) is 18.0 Å². The number of benzene rings is 1. The Kier molecular flexibility index (Phi) is 4.38. The van der Waals surface area contributed by atoms with Crippen molar-refractivity contribution in [1.82, 2.24) is 0 Å². The maximum Gasteiger partial charge on any atom is 0.146 e. The normalized spacial score (nSPS) is 19.2. The molecule has 1 N–H and O–H groups in total. The van der Waals surface area contributed by atoms with Crippen LogP contribution in [0.1, 0.15) is 52.2 Å². The Balaban J connectivity index is 2.19. The van der Waals surface area contributed by atoms with Crippen LogP contribution in [0.4, 0.5) is 10.1 Å². The van der Waals surface area contributed by atoms with Crippen molar-refractivity contribution in [2.45, 2.75) is 46.6 Å². The summed E-state index contributed by atoms with van der Waals surface area (Å²) in [6, 6.07) is 4.97. The molecule has 1 atom stereocenters. The number of hydrogen-bond acceptors (Lipinski definition) is 2. The highest BCUT2D eigenvalue weighted by molar-refractivity contribution is 5.56. The van der Waals surface area contributed by atoms with Gasteiger partial charge in [0.1, 0.15) is 5.82 Å². The first-order chi connectivity index (χ1) is 9.30. The first-order valence-electron chi connectivity index (χ1n) is 7.52. The molecule has 0 aromatic heterocycles. The standard InChI is InChI=1S/C17H26FNO/c1-12(20)14-6-5-7-15(18)16(14)19-10-8-13(9-11-19)17(2,3)4/h5-7,12-13,20H,8-11H2,1-4H3/t12-/m1/s1. The van der Waals surface area contributed by atoms with E-state index in [1.165, 1.54) is 6.07 Å². The number of aliphatic hydroxyl groups is 1. The predicted molar refractivity (Wildman–Crippen MR) is 81.4 cm³/mol. The van der Waals surface area contributed by atoms with Crippen LogP contribution in [0, 0.1) is 17.2 Å². The smallest absolute Gasteiger partial charge is 0.146 e. The summed E-state index contributed by atoms with van der Waals surface area (Å²) >= 11 is 0. The predicted octanol–water partition coefficient (Wildman–Crippen LogP) is 4.14. The lowest BCUT2D eigenvalue weighted by atomic mass is 9.75. The van der Waals surface area contributed by atoms with Crippen molar-refractivity contribution < 1.29 is 9.50 Å². The van der Waals surface area contributed by atoms with E-state index >= 15 is 0 Å². The quantitative estimate of drug-likeness (QED) is 0.879. The minimum absolute atomic E-state index is 0.224. The molecule has 20 heavy (non-hydrogen) atoms. The number of halogens is 1. The van der Waals surface area contributed by atoms with Crippen molar-refractivity contribution in [2.24, 2.45) is 11.3 Å². The lowest BCUT2D eigenvalue weighted by Crippen LogP contribution is -2.39. The van der Waals surface area contributed by atoms with Crippen LogP contribution in [0.25, 0.3) is 0 Å². The summed E-state index contributed by atoms with van der Waals surface area (Å²) in [4.78, 5) is 2.10. The van der Waals surface area contributed by atoms with Gasteiger partial charge in [0.05, 0.1) is 11.8 Å². The average Bonchev–Trinajstić information content (AvgIpc) is 2.37. The van der Waals surface area contributed by atoms with Gasteiger partial charge in [-0.3, -0.25) is 0 Å². The number of para-hydroxylation sites is 1. The number of anilines is 1. The van der Waals surface area contributed by atoms with Gasteiger partial charge in [-0.2, -0.15) is 0 Å². The molecule has 0 aliphatic carbocycles. The molecule has 1 aromatic rings. The molecule has 0 saturated carbocycles. The van der Waals surface area contributed by atoms with Crippen LogP contribution in [-0.2, 0) is 0 Å². The lowest BCUT2D eigenvalue weighted by Gasteiger charge is -2.40. The number of piperidine rings is 1. The monoisotopic (exact) mass is 279 g/mol. The van der Waals surface area contributed by atoms with Crippen molar-refractivity contribution in [3.8, 4) is 0 Å². The third kappa shape index (κ3) is 3.14. The highest BCUT2D eigenvalue weighted by atomic mass is 19.1. The number of hydrogen-bond donors (Lipinski definition) is 1. The Labute approximate surface area is 121 Å². The Morgan fingerprint density at radius 3 is 2.35 bits per heavy atom. The van der Waals surface area contributed by atoms with Crippen LogP contribution < -0.4 is 4.90 Å². The fourth-order valence-electron chi connectivity index (χ4n) is 3.17. The minimum atomic E-state index is -0.638. The minimum Gasteiger partial charge on any atom is -0.389 e. The summed E-state index contributed by atoms with van der Waals surface area (Å²) in [5.41, 5.74) is 1.60. The van der Waals surface area contributed by atoms with E-state index in [-0.39, 0.29) is 5.82 Å². The molecular formula is C17H26FNO. The maximum atomic E-state index is 14.2.